The molecule has 0 aliphatic heterocycles. The highest BCUT2D eigenvalue weighted by Crippen LogP contribution is 2.12. The van der Waals surface area contributed by atoms with E-state index in [0.29, 0.717) is 6.42 Å². The number of amides is 1. The van der Waals surface area contributed by atoms with Gasteiger partial charge in [0.25, 0.3) is 0 Å². The van der Waals surface area contributed by atoms with Gasteiger partial charge in [-0.25, -0.2) is 0 Å². The predicted molar refractivity (Wildman–Crippen MR) is 70.7 cm³/mol. The second-order valence-electron chi connectivity index (χ2n) is 3.57. The van der Waals surface area contributed by atoms with Crippen LogP contribution in [0.2, 0.25) is 0 Å². The molecule has 1 aromatic rings. The van der Waals surface area contributed by atoms with Gasteiger partial charge in [0.1, 0.15) is 0 Å². The number of carbonyl (C=O) groups excluding carboxylic acids is 1. The molecule has 0 aliphatic rings. The van der Waals surface area contributed by atoms with Crippen molar-refractivity contribution in [2.45, 2.75) is 25.8 Å². The van der Waals surface area contributed by atoms with Crippen molar-refractivity contribution in [1.29, 1.82) is 0 Å². The second kappa shape index (κ2) is 6.07. The van der Waals surface area contributed by atoms with Crippen LogP contribution in [0.25, 0.3) is 0 Å². The summed E-state index contributed by atoms with van der Waals surface area (Å²) in [7, 11) is 0. The lowest BCUT2D eigenvalue weighted by atomic mass is 10.2. The molecular weight excluding hydrogens is 303 g/mol. The standard InChI is InChI=1S/C11H15IN2O/c1-8(13)5-6-11(15)14-10-4-2-3-9(12)7-10/h2-4,7-8H,5-6,13H2,1H3,(H,14,15). The zero-order chi connectivity index (χ0) is 11.3. The van der Waals surface area contributed by atoms with E-state index in [1.165, 1.54) is 0 Å². The summed E-state index contributed by atoms with van der Waals surface area (Å²) in [6.07, 6.45) is 1.19. The topological polar surface area (TPSA) is 55.1 Å². The van der Waals surface area contributed by atoms with Crippen LogP contribution in [0.15, 0.2) is 24.3 Å². The molecule has 0 saturated heterocycles. The molecule has 1 rings (SSSR count). The molecular formula is C11H15IN2O. The third kappa shape index (κ3) is 5.13. The molecule has 15 heavy (non-hydrogen) atoms. The van der Waals surface area contributed by atoms with Crippen molar-refractivity contribution in [3.8, 4) is 0 Å². The molecule has 0 radical (unpaired) electrons. The average Bonchev–Trinajstić information content (AvgIpc) is 2.15. The summed E-state index contributed by atoms with van der Waals surface area (Å²) in [5, 5.41) is 2.84. The third-order valence-corrected chi connectivity index (χ3v) is 2.61. The Labute approximate surface area is 104 Å². The first kappa shape index (κ1) is 12.4. The number of carbonyl (C=O) groups is 1. The zero-order valence-corrected chi connectivity index (χ0v) is 10.8. The van der Waals surface area contributed by atoms with Gasteiger partial charge in [0.2, 0.25) is 5.91 Å². The summed E-state index contributed by atoms with van der Waals surface area (Å²) in [4.78, 5) is 11.5. The molecule has 1 amide bonds. The molecule has 1 aromatic carbocycles. The van der Waals surface area contributed by atoms with Gasteiger partial charge < -0.3 is 11.1 Å². The van der Waals surface area contributed by atoms with Gasteiger partial charge in [-0.1, -0.05) is 6.07 Å². The molecule has 0 bridgehead atoms. The van der Waals surface area contributed by atoms with E-state index in [1.807, 2.05) is 31.2 Å². The normalized spacial score (nSPS) is 12.2. The van der Waals surface area contributed by atoms with Gasteiger partial charge >= 0.3 is 0 Å². The van der Waals surface area contributed by atoms with Crippen molar-refractivity contribution in [1.82, 2.24) is 0 Å². The summed E-state index contributed by atoms with van der Waals surface area (Å²) in [5.74, 6) is 0.0225. The largest absolute Gasteiger partial charge is 0.328 e. The number of anilines is 1. The lowest BCUT2D eigenvalue weighted by Crippen LogP contribution is -2.19. The fraction of sp³-hybridized carbons (Fsp3) is 0.364. The van der Waals surface area contributed by atoms with Crippen molar-refractivity contribution >= 4 is 34.2 Å². The molecule has 0 saturated carbocycles. The molecule has 4 heteroatoms. The first-order chi connectivity index (χ1) is 7.08. The lowest BCUT2D eigenvalue weighted by molar-refractivity contribution is -0.116. The average molecular weight is 318 g/mol. The molecule has 0 aromatic heterocycles. The maximum atomic E-state index is 11.5. The fourth-order valence-corrected chi connectivity index (χ4v) is 1.69. The molecule has 0 heterocycles. The van der Waals surface area contributed by atoms with Gasteiger partial charge in [0.05, 0.1) is 0 Å². The molecule has 0 spiro atoms. The number of nitrogens with one attached hydrogen (secondary N) is 1. The van der Waals surface area contributed by atoms with Crippen LogP contribution in [0.4, 0.5) is 5.69 Å². The van der Waals surface area contributed by atoms with E-state index in [2.05, 4.69) is 27.9 Å². The highest BCUT2D eigenvalue weighted by molar-refractivity contribution is 14.1. The summed E-state index contributed by atoms with van der Waals surface area (Å²) >= 11 is 2.21. The van der Waals surface area contributed by atoms with E-state index in [9.17, 15) is 4.79 Å². The maximum Gasteiger partial charge on any atom is 0.224 e. The second-order valence-corrected chi connectivity index (χ2v) is 4.82. The molecule has 0 aliphatic carbocycles. The Morgan fingerprint density at radius 3 is 2.93 bits per heavy atom. The van der Waals surface area contributed by atoms with Gasteiger partial charge in [-0.15, -0.1) is 0 Å². The highest BCUT2D eigenvalue weighted by atomic mass is 127. The molecule has 1 atom stereocenters. The van der Waals surface area contributed by atoms with Gasteiger partial charge in [-0.2, -0.15) is 0 Å². The van der Waals surface area contributed by atoms with E-state index in [1.54, 1.807) is 0 Å². The smallest absolute Gasteiger partial charge is 0.224 e. The number of halogens is 1. The Morgan fingerprint density at radius 1 is 1.60 bits per heavy atom. The number of hydrogen-bond acceptors (Lipinski definition) is 2. The number of nitrogens with two attached hydrogens (primary N) is 1. The van der Waals surface area contributed by atoms with Crippen LogP contribution < -0.4 is 11.1 Å². The molecule has 1 unspecified atom stereocenters. The highest BCUT2D eigenvalue weighted by Gasteiger charge is 2.03. The van der Waals surface area contributed by atoms with Crippen molar-refractivity contribution in [3.63, 3.8) is 0 Å². The predicted octanol–water partition coefficient (Wildman–Crippen LogP) is 2.36. The zero-order valence-electron chi connectivity index (χ0n) is 8.66. The summed E-state index contributed by atoms with van der Waals surface area (Å²) < 4.78 is 1.11. The van der Waals surface area contributed by atoms with Crippen LogP contribution in [0.3, 0.4) is 0 Å². The molecule has 3 N–H and O–H groups in total. The SMILES string of the molecule is CC(N)CCC(=O)Nc1cccc(I)c1. The van der Waals surface area contributed by atoms with Crippen molar-refractivity contribution in [2.75, 3.05) is 5.32 Å². The van der Waals surface area contributed by atoms with Crippen molar-refractivity contribution in [2.24, 2.45) is 5.73 Å². The Balaban J connectivity index is 2.44. The van der Waals surface area contributed by atoms with Gasteiger partial charge in [-0.3, -0.25) is 4.79 Å². The van der Waals surface area contributed by atoms with Crippen LogP contribution in [0, 0.1) is 3.57 Å². The molecule has 0 fully saturated rings. The third-order valence-electron chi connectivity index (χ3n) is 1.94. The van der Waals surface area contributed by atoms with Crippen LogP contribution in [0.5, 0.6) is 0 Å². The Kier molecular flexibility index (Phi) is 5.04. The van der Waals surface area contributed by atoms with Crippen molar-refractivity contribution in [3.05, 3.63) is 27.8 Å². The van der Waals surface area contributed by atoms with Crippen LogP contribution in [-0.2, 0) is 4.79 Å². The summed E-state index contributed by atoms with van der Waals surface area (Å²) in [6, 6.07) is 7.80. The Bertz CT molecular complexity index is 339. The molecule has 82 valence electrons. The molecule has 3 nitrogen and oxygen atoms in total. The van der Waals surface area contributed by atoms with E-state index in [4.69, 9.17) is 5.73 Å². The van der Waals surface area contributed by atoms with E-state index in [-0.39, 0.29) is 11.9 Å². The van der Waals surface area contributed by atoms with Crippen LogP contribution in [-0.4, -0.2) is 11.9 Å². The van der Waals surface area contributed by atoms with Crippen LogP contribution >= 0.6 is 22.6 Å². The van der Waals surface area contributed by atoms with E-state index >= 15 is 0 Å². The first-order valence-corrected chi connectivity index (χ1v) is 5.97. The van der Waals surface area contributed by atoms with E-state index in [0.717, 1.165) is 15.7 Å². The number of hydrogen-bond donors (Lipinski definition) is 2. The van der Waals surface area contributed by atoms with Gasteiger partial charge in [0.15, 0.2) is 0 Å². The quantitative estimate of drug-likeness (QED) is 0.838. The minimum atomic E-state index is 0.0225. The monoisotopic (exact) mass is 318 g/mol. The number of rotatable bonds is 4. The minimum Gasteiger partial charge on any atom is -0.328 e. The number of benzene rings is 1. The first-order valence-electron chi connectivity index (χ1n) is 4.89. The Hall–Kier alpha value is -0.620. The van der Waals surface area contributed by atoms with Gasteiger partial charge in [-0.05, 0) is 54.1 Å². The minimum absolute atomic E-state index is 0.0225. The Morgan fingerprint density at radius 2 is 2.33 bits per heavy atom. The van der Waals surface area contributed by atoms with Crippen LogP contribution in [0.1, 0.15) is 19.8 Å². The summed E-state index contributed by atoms with van der Waals surface area (Å²) in [5.41, 5.74) is 6.42. The lowest BCUT2D eigenvalue weighted by Gasteiger charge is -2.06. The van der Waals surface area contributed by atoms with E-state index < -0.39 is 0 Å². The van der Waals surface area contributed by atoms with Crippen molar-refractivity contribution < 1.29 is 4.79 Å². The maximum absolute atomic E-state index is 11.5. The fourth-order valence-electron chi connectivity index (χ4n) is 1.15. The summed E-state index contributed by atoms with van der Waals surface area (Å²) in [6.45, 7) is 1.90. The van der Waals surface area contributed by atoms with Gasteiger partial charge in [0, 0.05) is 21.7 Å².